The molecule has 4 aromatic carbocycles. The number of benzene rings is 4. The first-order chi connectivity index (χ1) is 25.5. The van der Waals surface area contributed by atoms with Crippen LogP contribution < -0.4 is 25.2 Å². The molecule has 1 aromatic heterocycles. The zero-order chi connectivity index (χ0) is 37.8. The molecular formula is C42H45N3O8. The maximum atomic E-state index is 13.3. The highest BCUT2D eigenvalue weighted by Crippen LogP contribution is 2.51. The van der Waals surface area contributed by atoms with Crippen LogP contribution in [0.4, 0.5) is 5.82 Å². The highest BCUT2D eigenvalue weighted by molar-refractivity contribution is 5.90. The Labute approximate surface area is 308 Å². The van der Waals surface area contributed by atoms with E-state index in [1.807, 2.05) is 103 Å². The summed E-state index contributed by atoms with van der Waals surface area (Å²) in [5.41, 5.74) is 0.980. The molecule has 5 aromatic rings. The Morgan fingerprint density at radius 2 is 1.45 bits per heavy atom. The summed E-state index contributed by atoms with van der Waals surface area (Å²) in [5, 5.41) is 26.9. The predicted octanol–water partition coefficient (Wildman–Crippen LogP) is 5.62. The molecule has 1 fully saturated rings. The van der Waals surface area contributed by atoms with Gasteiger partial charge in [-0.1, -0.05) is 99.6 Å². The molecule has 4 atom stereocenters. The first-order valence-electron chi connectivity index (χ1n) is 17.4. The number of aliphatic hydroxyl groups excluding tert-OH is 2. The Morgan fingerprint density at radius 1 is 0.868 bits per heavy atom. The summed E-state index contributed by atoms with van der Waals surface area (Å²) in [7, 11) is 3.12. The third-order valence-corrected chi connectivity index (χ3v) is 9.68. The molecule has 1 amide bonds. The smallest absolute Gasteiger partial charge is 0.351 e. The molecule has 276 valence electrons. The first-order valence-corrected chi connectivity index (χ1v) is 17.4. The van der Waals surface area contributed by atoms with Crippen molar-refractivity contribution < 1.29 is 34.0 Å². The van der Waals surface area contributed by atoms with Gasteiger partial charge in [-0.2, -0.15) is 4.98 Å². The molecular weight excluding hydrogens is 674 g/mol. The van der Waals surface area contributed by atoms with E-state index in [9.17, 15) is 19.8 Å². The first kappa shape index (κ1) is 37.3. The van der Waals surface area contributed by atoms with Crippen molar-refractivity contribution in [3.63, 3.8) is 0 Å². The van der Waals surface area contributed by atoms with Crippen LogP contribution in [0.15, 0.2) is 120 Å². The topological polar surface area (TPSA) is 141 Å². The Kier molecular flexibility index (Phi) is 11.0. The molecule has 1 aliphatic heterocycles. The third kappa shape index (κ3) is 7.54. The molecule has 11 heteroatoms. The lowest BCUT2D eigenvalue weighted by Crippen LogP contribution is -2.51. The Hall–Kier alpha value is -5.49. The van der Waals surface area contributed by atoms with Gasteiger partial charge in [0.25, 0.3) is 5.91 Å². The van der Waals surface area contributed by atoms with Crippen LogP contribution in [0.1, 0.15) is 55.7 Å². The van der Waals surface area contributed by atoms with Gasteiger partial charge in [0.05, 0.1) is 25.7 Å². The number of aliphatic hydroxyl groups is 2. The van der Waals surface area contributed by atoms with Crippen molar-refractivity contribution in [1.29, 1.82) is 0 Å². The number of hydrogen-bond donors (Lipinski definition) is 3. The van der Waals surface area contributed by atoms with E-state index in [1.165, 1.54) is 16.8 Å². The summed E-state index contributed by atoms with van der Waals surface area (Å²) < 4.78 is 25.0. The van der Waals surface area contributed by atoms with E-state index in [0.717, 1.165) is 5.56 Å². The fourth-order valence-electron chi connectivity index (χ4n) is 7.05. The Bertz CT molecular complexity index is 2030. The molecule has 1 unspecified atom stereocenters. The molecule has 0 saturated carbocycles. The van der Waals surface area contributed by atoms with E-state index >= 15 is 0 Å². The standard InChI is InChI=1S/C42H45N3O8/c1-41(2,3)27-19-21-29(22-20-27)52-26-36(47)43-35-23-24-45(40(49)44-35)37-25-32(46)38(53-37)39(48)42(28-13-7-6-8-14-28,30-15-9-11-17-33(30)50-4)31-16-10-12-18-34(31)51-5/h6-24,32,37-39,46,48H,25-26H2,1-5H3,(H,43,44,47,49)/t32-,37+,38-,39?/m0/s1. The van der Waals surface area contributed by atoms with Crippen LogP contribution in [0, 0.1) is 0 Å². The van der Waals surface area contributed by atoms with Crippen LogP contribution in [0.2, 0.25) is 0 Å². The number of carbonyl (C=O) groups is 1. The number of ether oxygens (including phenoxy) is 4. The normalized spacial score (nSPS) is 17.9. The lowest BCUT2D eigenvalue weighted by molar-refractivity contribution is -0.118. The fourth-order valence-corrected chi connectivity index (χ4v) is 7.05. The van der Waals surface area contributed by atoms with Gasteiger partial charge >= 0.3 is 5.69 Å². The lowest BCUT2D eigenvalue weighted by atomic mass is 9.63. The molecule has 0 radical (unpaired) electrons. The minimum absolute atomic E-state index is 0.0104. The monoisotopic (exact) mass is 719 g/mol. The number of para-hydroxylation sites is 2. The van der Waals surface area contributed by atoms with Gasteiger partial charge in [0, 0.05) is 23.7 Å². The molecule has 53 heavy (non-hydrogen) atoms. The van der Waals surface area contributed by atoms with Gasteiger partial charge in [-0.3, -0.25) is 9.36 Å². The maximum Gasteiger partial charge on any atom is 0.351 e. The number of aromatic nitrogens is 2. The van der Waals surface area contributed by atoms with Crippen molar-refractivity contribution in [1.82, 2.24) is 9.55 Å². The number of nitrogens with zero attached hydrogens (tertiary/aromatic N) is 2. The zero-order valence-corrected chi connectivity index (χ0v) is 30.4. The van der Waals surface area contributed by atoms with Gasteiger partial charge in [-0.25, -0.2) is 4.79 Å². The summed E-state index contributed by atoms with van der Waals surface area (Å²) >= 11 is 0. The number of hydrogen-bond acceptors (Lipinski definition) is 9. The van der Waals surface area contributed by atoms with Crippen LogP contribution in [-0.2, 0) is 20.4 Å². The summed E-state index contributed by atoms with van der Waals surface area (Å²) in [5.74, 6) is 1.10. The molecule has 0 aliphatic carbocycles. The maximum absolute atomic E-state index is 13.3. The lowest BCUT2D eigenvalue weighted by Gasteiger charge is -2.43. The molecule has 3 N–H and O–H groups in total. The average molecular weight is 720 g/mol. The molecule has 1 aliphatic rings. The SMILES string of the molecule is COc1ccccc1C(c1ccccc1)(c1ccccc1OC)C(O)[C@H]1O[C@@H](n2ccc(NC(=O)COc3ccc(C(C)(C)C)cc3)nc2=O)C[C@@H]1O. The highest BCUT2D eigenvalue weighted by Gasteiger charge is 2.54. The number of carbonyl (C=O) groups excluding carboxylic acids is 1. The molecule has 11 nitrogen and oxygen atoms in total. The molecule has 2 heterocycles. The second-order valence-electron chi connectivity index (χ2n) is 14.0. The van der Waals surface area contributed by atoms with E-state index in [1.54, 1.807) is 14.2 Å². The summed E-state index contributed by atoms with van der Waals surface area (Å²) in [4.78, 5) is 30.0. The van der Waals surface area contributed by atoms with Crippen LogP contribution >= 0.6 is 0 Å². The fraction of sp³-hybridized carbons (Fsp3) is 0.310. The van der Waals surface area contributed by atoms with Gasteiger partial charge < -0.3 is 34.5 Å². The zero-order valence-electron chi connectivity index (χ0n) is 30.4. The van der Waals surface area contributed by atoms with E-state index in [4.69, 9.17) is 18.9 Å². The molecule has 1 saturated heterocycles. The average Bonchev–Trinajstić information content (AvgIpc) is 3.55. The minimum Gasteiger partial charge on any atom is -0.496 e. The minimum atomic E-state index is -1.43. The van der Waals surface area contributed by atoms with E-state index < -0.39 is 41.6 Å². The van der Waals surface area contributed by atoms with E-state index in [0.29, 0.717) is 33.9 Å². The highest BCUT2D eigenvalue weighted by atomic mass is 16.5. The van der Waals surface area contributed by atoms with Gasteiger partial charge in [0.15, 0.2) is 6.61 Å². The second-order valence-corrected chi connectivity index (χ2v) is 14.0. The number of nitrogens with one attached hydrogen (secondary N) is 1. The third-order valence-electron chi connectivity index (χ3n) is 9.68. The predicted molar refractivity (Wildman–Crippen MR) is 201 cm³/mol. The van der Waals surface area contributed by atoms with E-state index in [-0.39, 0.29) is 24.3 Å². The van der Waals surface area contributed by atoms with Crippen molar-refractivity contribution >= 4 is 11.7 Å². The summed E-state index contributed by atoms with van der Waals surface area (Å²) in [6.07, 6.45) is -3.35. The largest absolute Gasteiger partial charge is 0.496 e. The Balaban J connectivity index is 1.27. The number of rotatable bonds is 12. The van der Waals surface area contributed by atoms with Crippen LogP contribution in [0.25, 0.3) is 0 Å². The van der Waals surface area contributed by atoms with Gasteiger partial charge in [0.1, 0.15) is 41.5 Å². The van der Waals surface area contributed by atoms with Gasteiger partial charge in [-0.05, 0) is 46.9 Å². The van der Waals surface area contributed by atoms with Crippen LogP contribution in [0.5, 0.6) is 17.2 Å². The molecule has 0 bridgehead atoms. The van der Waals surface area contributed by atoms with E-state index in [2.05, 4.69) is 31.1 Å². The molecule has 6 rings (SSSR count). The van der Waals surface area contributed by atoms with Crippen molar-refractivity contribution in [2.75, 3.05) is 26.1 Å². The second kappa shape index (κ2) is 15.6. The summed E-state index contributed by atoms with van der Waals surface area (Å²) in [6, 6.07) is 33.2. The van der Waals surface area contributed by atoms with Crippen molar-refractivity contribution in [2.45, 2.75) is 62.6 Å². The van der Waals surface area contributed by atoms with Crippen LogP contribution in [0.3, 0.4) is 0 Å². The van der Waals surface area contributed by atoms with Crippen LogP contribution in [-0.4, -0.2) is 64.8 Å². The van der Waals surface area contributed by atoms with Crippen molar-refractivity contribution in [2.24, 2.45) is 0 Å². The quantitative estimate of drug-likeness (QED) is 0.140. The number of anilines is 1. The van der Waals surface area contributed by atoms with Gasteiger partial charge in [0.2, 0.25) is 0 Å². The number of methoxy groups -OCH3 is 2. The van der Waals surface area contributed by atoms with Crippen molar-refractivity contribution in [3.05, 3.63) is 148 Å². The molecule has 0 spiro atoms. The summed E-state index contributed by atoms with van der Waals surface area (Å²) in [6.45, 7) is 6.06. The van der Waals surface area contributed by atoms with Gasteiger partial charge in [-0.15, -0.1) is 0 Å². The Morgan fingerprint density at radius 3 is 2.02 bits per heavy atom. The number of amides is 1. The van der Waals surface area contributed by atoms with Crippen molar-refractivity contribution in [3.8, 4) is 17.2 Å².